The Kier molecular flexibility index (Phi) is 3.19. The van der Waals surface area contributed by atoms with Gasteiger partial charge < -0.3 is 4.74 Å². The van der Waals surface area contributed by atoms with Crippen LogP contribution in [0, 0.1) is 16.0 Å². The molecule has 1 aromatic rings. The number of nitrogens with zero attached hydrogens (tertiary/aromatic N) is 1. The molecule has 1 aromatic carbocycles. The molecule has 0 heterocycles. The zero-order valence-electron chi connectivity index (χ0n) is 8.83. The van der Waals surface area contributed by atoms with E-state index in [-0.39, 0.29) is 0 Å². The van der Waals surface area contributed by atoms with Crippen LogP contribution in [0.2, 0.25) is 0 Å². The van der Waals surface area contributed by atoms with Crippen LogP contribution in [0.4, 0.5) is 0 Å². The number of hydrogen-bond donors (Lipinski definition) is 0. The van der Waals surface area contributed by atoms with Crippen molar-refractivity contribution >= 4 is 6.08 Å². The SMILES string of the molecule is O=[N+]([O-])C=Cc1cccc(OCC2CC2)c1. The number of hydrogen-bond acceptors (Lipinski definition) is 3. The molecule has 1 saturated carbocycles. The topological polar surface area (TPSA) is 52.4 Å². The second kappa shape index (κ2) is 4.79. The molecule has 0 radical (unpaired) electrons. The van der Waals surface area contributed by atoms with E-state index in [1.54, 1.807) is 0 Å². The molecule has 84 valence electrons. The fourth-order valence-electron chi connectivity index (χ4n) is 1.35. The highest BCUT2D eigenvalue weighted by Crippen LogP contribution is 2.29. The Labute approximate surface area is 93.7 Å². The van der Waals surface area contributed by atoms with Gasteiger partial charge in [-0.2, -0.15) is 0 Å². The Morgan fingerprint density at radius 3 is 3.00 bits per heavy atom. The molecular weight excluding hydrogens is 206 g/mol. The van der Waals surface area contributed by atoms with E-state index in [1.165, 1.54) is 18.9 Å². The van der Waals surface area contributed by atoms with E-state index in [0.717, 1.165) is 24.1 Å². The molecule has 0 unspecified atom stereocenters. The van der Waals surface area contributed by atoms with Gasteiger partial charge >= 0.3 is 0 Å². The minimum Gasteiger partial charge on any atom is -0.493 e. The largest absolute Gasteiger partial charge is 0.493 e. The second-order valence-corrected chi connectivity index (χ2v) is 3.93. The van der Waals surface area contributed by atoms with Gasteiger partial charge in [-0.1, -0.05) is 12.1 Å². The Bertz CT molecular complexity index is 410. The van der Waals surface area contributed by atoms with Crippen LogP contribution in [0.3, 0.4) is 0 Å². The average molecular weight is 219 g/mol. The molecule has 0 saturated heterocycles. The maximum absolute atomic E-state index is 10.2. The standard InChI is InChI=1S/C12H13NO3/c14-13(15)7-6-10-2-1-3-12(8-10)16-9-11-4-5-11/h1-3,6-8,11H,4-5,9H2. The summed E-state index contributed by atoms with van der Waals surface area (Å²) in [6.07, 6.45) is 4.89. The van der Waals surface area contributed by atoms with Crippen LogP contribution >= 0.6 is 0 Å². The summed E-state index contributed by atoms with van der Waals surface area (Å²) in [7, 11) is 0. The van der Waals surface area contributed by atoms with Gasteiger partial charge in [0.05, 0.1) is 11.5 Å². The van der Waals surface area contributed by atoms with Crippen LogP contribution in [0.25, 0.3) is 6.08 Å². The molecule has 1 fully saturated rings. The molecule has 0 N–H and O–H groups in total. The molecule has 16 heavy (non-hydrogen) atoms. The van der Waals surface area contributed by atoms with Crippen molar-refractivity contribution in [2.45, 2.75) is 12.8 Å². The van der Waals surface area contributed by atoms with Crippen LogP contribution in [0.15, 0.2) is 30.5 Å². The minimum atomic E-state index is -0.474. The van der Waals surface area contributed by atoms with Crippen molar-refractivity contribution in [3.05, 3.63) is 46.1 Å². The lowest BCUT2D eigenvalue weighted by Crippen LogP contribution is -1.98. The normalized spacial score (nSPS) is 15.2. The van der Waals surface area contributed by atoms with E-state index < -0.39 is 4.92 Å². The maximum Gasteiger partial charge on any atom is 0.235 e. The van der Waals surface area contributed by atoms with Crippen molar-refractivity contribution in [2.24, 2.45) is 5.92 Å². The van der Waals surface area contributed by atoms with E-state index in [9.17, 15) is 10.1 Å². The van der Waals surface area contributed by atoms with E-state index in [2.05, 4.69) is 0 Å². The van der Waals surface area contributed by atoms with E-state index in [0.29, 0.717) is 5.92 Å². The highest BCUT2D eigenvalue weighted by atomic mass is 16.6. The number of ether oxygens (including phenoxy) is 1. The van der Waals surface area contributed by atoms with Gasteiger partial charge in [-0.05, 0) is 36.5 Å². The summed E-state index contributed by atoms with van der Waals surface area (Å²) in [6.45, 7) is 0.752. The predicted molar refractivity (Wildman–Crippen MR) is 60.7 cm³/mol. The van der Waals surface area contributed by atoms with Gasteiger partial charge in [0, 0.05) is 6.08 Å². The maximum atomic E-state index is 10.2. The van der Waals surface area contributed by atoms with Crippen LogP contribution in [0.1, 0.15) is 18.4 Å². The van der Waals surface area contributed by atoms with E-state index in [1.807, 2.05) is 24.3 Å². The summed E-state index contributed by atoms with van der Waals surface area (Å²) in [6, 6.07) is 7.32. The first-order valence-electron chi connectivity index (χ1n) is 5.28. The quantitative estimate of drug-likeness (QED) is 0.565. The molecule has 0 aromatic heterocycles. The lowest BCUT2D eigenvalue weighted by molar-refractivity contribution is -0.400. The molecule has 4 nitrogen and oxygen atoms in total. The first-order valence-corrected chi connectivity index (χ1v) is 5.28. The fourth-order valence-corrected chi connectivity index (χ4v) is 1.35. The number of benzene rings is 1. The van der Waals surface area contributed by atoms with Gasteiger partial charge in [0.15, 0.2) is 0 Å². The van der Waals surface area contributed by atoms with E-state index >= 15 is 0 Å². The average Bonchev–Trinajstić information content (AvgIpc) is 3.08. The highest BCUT2D eigenvalue weighted by Gasteiger charge is 2.21. The van der Waals surface area contributed by atoms with Gasteiger partial charge in [0.2, 0.25) is 6.20 Å². The van der Waals surface area contributed by atoms with Gasteiger partial charge in [-0.15, -0.1) is 0 Å². The Balaban J connectivity index is 1.97. The van der Waals surface area contributed by atoms with Crippen molar-refractivity contribution in [2.75, 3.05) is 6.61 Å². The summed E-state index contributed by atoms with van der Waals surface area (Å²) in [5, 5.41) is 10.2. The molecular formula is C12H13NO3. The molecule has 0 atom stereocenters. The lowest BCUT2D eigenvalue weighted by atomic mass is 10.2. The summed E-state index contributed by atoms with van der Waals surface area (Å²) in [5.41, 5.74) is 0.782. The van der Waals surface area contributed by atoms with Crippen molar-refractivity contribution in [1.29, 1.82) is 0 Å². The third-order valence-corrected chi connectivity index (χ3v) is 2.43. The first kappa shape index (κ1) is 10.7. The second-order valence-electron chi connectivity index (χ2n) is 3.93. The molecule has 2 rings (SSSR count). The zero-order valence-corrected chi connectivity index (χ0v) is 8.83. The van der Waals surface area contributed by atoms with Crippen LogP contribution in [-0.4, -0.2) is 11.5 Å². The smallest absolute Gasteiger partial charge is 0.235 e. The summed E-state index contributed by atoms with van der Waals surface area (Å²) in [5.74, 6) is 1.48. The zero-order chi connectivity index (χ0) is 11.4. The van der Waals surface area contributed by atoms with Crippen molar-refractivity contribution in [3.63, 3.8) is 0 Å². The van der Waals surface area contributed by atoms with Gasteiger partial charge in [0.25, 0.3) is 0 Å². The van der Waals surface area contributed by atoms with Crippen LogP contribution in [-0.2, 0) is 0 Å². The predicted octanol–water partition coefficient (Wildman–Crippen LogP) is 2.72. The first-order chi connectivity index (χ1) is 7.74. The lowest BCUT2D eigenvalue weighted by Gasteiger charge is -2.04. The monoisotopic (exact) mass is 219 g/mol. The minimum absolute atomic E-state index is 0.474. The van der Waals surface area contributed by atoms with Gasteiger partial charge in [0.1, 0.15) is 5.75 Å². The number of rotatable bonds is 5. The molecule has 0 aliphatic heterocycles. The fraction of sp³-hybridized carbons (Fsp3) is 0.333. The van der Waals surface area contributed by atoms with Crippen molar-refractivity contribution in [3.8, 4) is 5.75 Å². The highest BCUT2D eigenvalue weighted by molar-refractivity contribution is 5.50. The van der Waals surface area contributed by atoms with Crippen molar-refractivity contribution in [1.82, 2.24) is 0 Å². The van der Waals surface area contributed by atoms with Gasteiger partial charge in [-0.25, -0.2) is 0 Å². The van der Waals surface area contributed by atoms with Gasteiger partial charge in [-0.3, -0.25) is 10.1 Å². The molecule has 1 aliphatic carbocycles. The number of nitro groups is 1. The van der Waals surface area contributed by atoms with Crippen LogP contribution in [0.5, 0.6) is 5.75 Å². The third-order valence-electron chi connectivity index (χ3n) is 2.43. The molecule has 0 spiro atoms. The Morgan fingerprint density at radius 2 is 2.31 bits per heavy atom. The summed E-state index contributed by atoms with van der Waals surface area (Å²) in [4.78, 5) is 9.69. The molecule has 1 aliphatic rings. The third kappa shape index (κ3) is 3.38. The van der Waals surface area contributed by atoms with Crippen molar-refractivity contribution < 1.29 is 9.66 Å². The van der Waals surface area contributed by atoms with E-state index in [4.69, 9.17) is 4.74 Å². The van der Waals surface area contributed by atoms with Crippen LogP contribution < -0.4 is 4.74 Å². The molecule has 0 bridgehead atoms. The Morgan fingerprint density at radius 1 is 1.50 bits per heavy atom. The molecule has 0 amide bonds. The Hall–Kier alpha value is -1.84. The summed E-state index contributed by atoms with van der Waals surface area (Å²) >= 11 is 0. The summed E-state index contributed by atoms with van der Waals surface area (Å²) < 4.78 is 5.57. The molecule has 4 heteroatoms.